The van der Waals surface area contributed by atoms with E-state index in [4.69, 9.17) is 4.52 Å². The van der Waals surface area contributed by atoms with Crippen LogP contribution in [0.4, 0.5) is 0 Å². The fourth-order valence-corrected chi connectivity index (χ4v) is 2.70. The molecule has 110 valence electrons. The fourth-order valence-electron chi connectivity index (χ4n) is 2.70. The van der Waals surface area contributed by atoms with Crippen LogP contribution in [0.3, 0.4) is 0 Å². The largest absolute Gasteiger partial charge is 0.343 e. The van der Waals surface area contributed by atoms with Gasteiger partial charge in [-0.1, -0.05) is 11.2 Å². The summed E-state index contributed by atoms with van der Waals surface area (Å²) in [6.45, 7) is 0.714. The molecule has 3 heterocycles. The average Bonchev–Trinajstić information content (AvgIpc) is 3.20. The van der Waals surface area contributed by atoms with Crippen molar-refractivity contribution in [3.63, 3.8) is 0 Å². The van der Waals surface area contributed by atoms with Gasteiger partial charge in [0.15, 0.2) is 5.82 Å². The molecule has 1 aliphatic rings. The minimum absolute atomic E-state index is 0.00458. The van der Waals surface area contributed by atoms with E-state index in [1.54, 1.807) is 4.90 Å². The van der Waals surface area contributed by atoms with Crippen LogP contribution in [0.25, 0.3) is 5.69 Å². The second-order valence-electron chi connectivity index (χ2n) is 5.23. The molecule has 4 rings (SSSR count). The second kappa shape index (κ2) is 5.14. The third-order valence-corrected chi connectivity index (χ3v) is 3.95. The highest BCUT2D eigenvalue weighted by Gasteiger charge is 2.36. The monoisotopic (exact) mass is 294 g/mol. The normalized spacial score (nSPS) is 17.3. The first-order chi connectivity index (χ1) is 10.8. The van der Waals surface area contributed by atoms with Gasteiger partial charge in [0.25, 0.3) is 5.91 Å². The molecule has 6 nitrogen and oxygen atoms in total. The first kappa shape index (κ1) is 12.8. The lowest BCUT2D eigenvalue weighted by Crippen LogP contribution is -2.45. The molecule has 2 aromatic heterocycles. The Bertz CT molecular complexity index is 780. The van der Waals surface area contributed by atoms with Gasteiger partial charge in [-0.05, 0) is 36.8 Å². The minimum Gasteiger partial charge on any atom is -0.343 e. The van der Waals surface area contributed by atoms with Crippen molar-refractivity contribution in [2.45, 2.75) is 12.5 Å². The molecule has 1 atom stereocenters. The molecule has 22 heavy (non-hydrogen) atoms. The van der Waals surface area contributed by atoms with Crippen LogP contribution in [-0.2, 0) is 0 Å². The number of hydrogen-bond donors (Lipinski definition) is 0. The van der Waals surface area contributed by atoms with E-state index in [1.165, 1.54) is 6.39 Å². The Morgan fingerprint density at radius 3 is 2.77 bits per heavy atom. The van der Waals surface area contributed by atoms with Gasteiger partial charge in [-0.15, -0.1) is 0 Å². The molecule has 0 N–H and O–H groups in total. The van der Waals surface area contributed by atoms with E-state index in [1.807, 2.05) is 53.4 Å². The van der Waals surface area contributed by atoms with Gasteiger partial charge < -0.3 is 14.0 Å². The van der Waals surface area contributed by atoms with Crippen molar-refractivity contribution in [1.29, 1.82) is 0 Å². The average molecular weight is 294 g/mol. The number of aromatic nitrogens is 3. The molecule has 1 fully saturated rings. The van der Waals surface area contributed by atoms with Gasteiger partial charge in [-0.2, -0.15) is 4.98 Å². The molecular weight excluding hydrogens is 280 g/mol. The van der Waals surface area contributed by atoms with Gasteiger partial charge in [0, 0.05) is 30.2 Å². The third kappa shape index (κ3) is 2.09. The van der Waals surface area contributed by atoms with Gasteiger partial charge >= 0.3 is 0 Å². The standard InChI is InChI=1S/C16H14N4O2/c21-16(20-9-6-14(20)15-17-11-22-18-15)12-4-3-5-13(10-12)19-7-1-2-8-19/h1-5,7-8,10-11,14H,6,9H2. The van der Waals surface area contributed by atoms with Crippen molar-refractivity contribution in [3.8, 4) is 5.69 Å². The lowest BCUT2D eigenvalue weighted by molar-refractivity contribution is 0.0435. The first-order valence-electron chi connectivity index (χ1n) is 7.13. The maximum atomic E-state index is 12.7. The van der Waals surface area contributed by atoms with Crippen molar-refractivity contribution in [1.82, 2.24) is 19.6 Å². The number of amides is 1. The van der Waals surface area contributed by atoms with E-state index < -0.39 is 0 Å². The number of benzene rings is 1. The summed E-state index contributed by atoms with van der Waals surface area (Å²) in [5.74, 6) is 0.566. The van der Waals surface area contributed by atoms with Crippen molar-refractivity contribution >= 4 is 5.91 Å². The van der Waals surface area contributed by atoms with Crippen LogP contribution in [-0.4, -0.2) is 32.1 Å². The summed E-state index contributed by atoms with van der Waals surface area (Å²) in [5, 5.41) is 3.84. The van der Waals surface area contributed by atoms with E-state index in [9.17, 15) is 4.79 Å². The molecule has 1 aromatic carbocycles. The van der Waals surface area contributed by atoms with Crippen molar-refractivity contribution in [2.24, 2.45) is 0 Å². The number of likely N-dealkylation sites (tertiary alicyclic amines) is 1. The fraction of sp³-hybridized carbons (Fsp3) is 0.188. The van der Waals surface area contributed by atoms with Gasteiger partial charge in [-0.3, -0.25) is 4.79 Å². The summed E-state index contributed by atoms with van der Waals surface area (Å²) in [5.41, 5.74) is 1.63. The molecule has 6 heteroatoms. The zero-order chi connectivity index (χ0) is 14.9. The van der Waals surface area contributed by atoms with E-state index >= 15 is 0 Å². The van der Waals surface area contributed by atoms with Crippen molar-refractivity contribution < 1.29 is 9.32 Å². The summed E-state index contributed by atoms with van der Waals surface area (Å²) in [7, 11) is 0. The van der Waals surface area contributed by atoms with Crippen molar-refractivity contribution in [3.05, 3.63) is 66.6 Å². The molecule has 0 bridgehead atoms. The Kier molecular flexibility index (Phi) is 3.00. The predicted molar refractivity (Wildman–Crippen MR) is 78.5 cm³/mol. The predicted octanol–water partition coefficient (Wildman–Crippen LogP) is 2.45. The van der Waals surface area contributed by atoms with Crippen LogP contribution in [0.5, 0.6) is 0 Å². The molecule has 1 amide bonds. The Labute approximate surface area is 127 Å². The van der Waals surface area contributed by atoms with E-state index in [0.29, 0.717) is 17.9 Å². The summed E-state index contributed by atoms with van der Waals surface area (Å²) in [4.78, 5) is 18.5. The van der Waals surface area contributed by atoms with Crippen LogP contribution in [0, 0.1) is 0 Å². The van der Waals surface area contributed by atoms with Crippen LogP contribution in [0.2, 0.25) is 0 Å². The molecule has 0 saturated carbocycles. The van der Waals surface area contributed by atoms with Crippen LogP contribution >= 0.6 is 0 Å². The van der Waals surface area contributed by atoms with Crippen LogP contribution in [0.1, 0.15) is 28.6 Å². The summed E-state index contributed by atoms with van der Waals surface area (Å²) < 4.78 is 6.75. The highest BCUT2D eigenvalue weighted by atomic mass is 16.5. The van der Waals surface area contributed by atoms with Crippen molar-refractivity contribution in [2.75, 3.05) is 6.54 Å². The number of hydrogen-bond acceptors (Lipinski definition) is 4. The van der Waals surface area contributed by atoms with Crippen LogP contribution in [0.15, 0.2) is 59.7 Å². The van der Waals surface area contributed by atoms with Gasteiger partial charge in [0.1, 0.15) is 0 Å². The van der Waals surface area contributed by atoms with Crippen LogP contribution < -0.4 is 0 Å². The number of carbonyl (C=O) groups is 1. The Balaban J connectivity index is 1.60. The van der Waals surface area contributed by atoms with E-state index in [-0.39, 0.29) is 11.9 Å². The molecular formula is C16H14N4O2. The summed E-state index contributed by atoms with van der Waals surface area (Å²) in [6, 6.07) is 11.4. The van der Waals surface area contributed by atoms with E-state index in [2.05, 4.69) is 10.1 Å². The number of carbonyl (C=O) groups excluding carboxylic acids is 1. The molecule has 1 unspecified atom stereocenters. The minimum atomic E-state index is -0.0820. The Hall–Kier alpha value is -2.89. The highest BCUT2D eigenvalue weighted by Crippen LogP contribution is 2.32. The lowest BCUT2D eigenvalue weighted by atomic mass is 10.0. The summed E-state index contributed by atoms with van der Waals surface area (Å²) in [6.07, 6.45) is 6.07. The third-order valence-electron chi connectivity index (χ3n) is 3.95. The van der Waals surface area contributed by atoms with E-state index in [0.717, 1.165) is 12.1 Å². The van der Waals surface area contributed by atoms with Gasteiger partial charge in [0.2, 0.25) is 6.39 Å². The Morgan fingerprint density at radius 1 is 1.23 bits per heavy atom. The number of nitrogens with zero attached hydrogens (tertiary/aromatic N) is 4. The highest BCUT2D eigenvalue weighted by molar-refractivity contribution is 5.95. The topological polar surface area (TPSA) is 64.2 Å². The molecule has 3 aromatic rings. The smallest absolute Gasteiger partial charge is 0.254 e. The lowest BCUT2D eigenvalue weighted by Gasteiger charge is -2.39. The zero-order valence-electron chi connectivity index (χ0n) is 11.8. The molecule has 0 spiro atoms. The number of rotatable bonds is 3. The Morgan fingerprint density at radius 2 is 2.09 bits per heavy atom. The molecule has 0 radical (unpaired) electrons. The van der Waals surface area contributed by atoms with Gasteiger partial charge in [0.05, 0.1) is 6.04 Å². The maximum Gasteiger partial charge on any atom is 0.254 e. The van der Waals surface area contributed by atoms with Gasteiger partial charge in [-0.25, -0.2) is 0 Å². The zero-order valence-corrected chi connectivity index (χ0v) is 11.8. The molecule has 1 aliphatic heterocycles. The molecule has 0 aliphatic carbocycles. The summed E-state index contributed by atoms with van der Waals surface area (Å²) >= 11 is 0. The second-order valence-corrected chi connectivity index (χ2v) is 5.23. The molecule has 1 saturated heterocycles. The maximum absolute atomic E-state index is 12.7. The quantitative estimate of drug-likeness (QED) is 0.744. The SMILES string of the molecule is O=C(c1cccc(-n2cccc2)c1)N1CCC1c1ncon1. The first-order valence-corrected chi connectivity index (χ1v) is 7.13.